The fourth-order valence-corrected chi connectivity index (χ4v) is 4.10. The van der Waals surface area contributed by atoms with E-state index >= 15 is 0 Å². The number of thioether (sulfide) groups is 1. The highest BCUT2D eigenvalue weighted by molar-refractivity contribution is 8.18. The van der Waals surface area contributed by atoms with E-state index in [1.54, 1.807) is 66.7 Å². The summed E-state index contributed by atoms with van der Waals surface area (Å²) < 4.78 is 25.4. The lowest BCUT2D eigenvalue weighted by atomic mass is 10.1. The zero-order valence-corrected chi connectivity index (χ0v) is 20.2. The molecule has 0 radical (unpaired) electrons. The van der Waals surface area contributed by atoms with E-state index in [9.17, 15) is 14.0 Å². The van der Waals surface area contributed by atoms with Gasteiger partial charge in [-0.3, -0.25) is 9.59 Å². The standard InChI is InChI=1S/C26H20ClFN2O4S/c1-2-33-22-13-16(7-12-21(22)34-15-18-5-3-4-6-20(18)28)14-23-25(32)30-26(35-23)29-24(31)17-8-10-19(27)11-9-17/h3-14H,2,15H2,1H3,(H,29,30,31,32)/b23-14-. The summed E-state index contributed by atoms with van der Waals surface area (Å²) in [4.78, 5) is 29.1. The van der Waals surface area contributed by atoms with E-state index in [0.29, 0.717) is 44.7 Å². The van der Waals surface area contributed by atoms with Crippen molar-refractivity contribution < 1.29 is 23.5 Å². The first-order chi connectivity index (χ1) is 16.9. The molecule has 1 aliphatic rings. The van der Waals surface area contributed by atoms with Crippen LogP contribution in [0, 0.1) is 5.82 Å². The molecule has 1 heterocycles. The highest BCUT2D eigenvalue weighted by Crippen LogP contribution is 2.32. The van der Waals surface area contributed by atoms with E-state index in [1.165, 1.54) is 6.07 Å². The zero-order chi connectivity index (χ0) is 24.8. The maximum Gasteiger partial charge on any atom is 0.279 e. The van der Waals surface area contributed by atoms with Gasteiger partial charge < -0.3 is 14.8 Å². The van der Waals surface area contributed by atoms with Gasteiger partial charge in [-0.15, -0.1) is 0 Å². The summed E-state index contributed by atoms with van der Waals surface area (Å²) in [5.41, 5.74) is 1.48. The number of benzene rings is 3. The summed E-state index contributed by atoms with van der Waals surface area (Å²) in [5, 5.41) is 3.30. The Morgan fingerprint density at radius 1 is 1.09 bits per heavy atom. The van der Waals surface area contributed by atoms with E-state index in [0.717, 1.165) is 11.8 Å². The van der Waals surface area contributed by atoms with Crippen LogP contribution in [0.1, 0.15) is 28.4 Å². The summed E-state index contributed by atoms with van der Waals surface area (Å²) >= 11 is 6.91. The zero-order valence-electron chi connectivity index (χ0n) is 18.6. The van der Waals surface area contributed by atoms with Crippen molar-refractivity contribution in [1.82, 2.24) is 5.32 Å². The number of hydrogen-bond donors (Lipinski definition) is 1. The molecule has 0 atom stereocenters. The minimum Gasteiger partial charge on any atom is -0.490 e. The summed E-state index contributed by atoms with van der Waals surface area (Å²) in [6, 6.07) is 17.9. The first kappa shape index (κ1) is 24.5. The number of amides is 2. The maximum absolute atomic E-state index is 13.9. The van der Waals surface area contributed by atoms with E-state index in [1.807, 2.05) is 6.92 Å². The van der Waals surface area contributed by atoms with Gasteiger partial charge in [0.25, 0.3) is 11.8 Å². The third kappa shape index (κ3) is 6.29. The molecule has 1 N–H and O–H groups in total. The fraction of sp³-hybridized carbons (Fsp3) is 0.115. The molecule has 0 aliphatic carbocycles. The Balaban J connectivity index is 1.49. The van der Waals surface area contributed by atoms with E-state index in [4.69, 9.17) is 21.1 Å². The summed E-state index contributed by atoms with van der Waals surface area (Å²) in [5.74, 6) is -0.274. The van der Waals surface area contributed by atoms with Crippen LogP contribution in [0.25, 0.3) is 6.08 Å². The first-order valence-electron chi connectivity index (χ1n) is 10.7. The van der Waals surface area contributed by atoms with Crippen LogP contribution in [0.3, 0.4) is 0 Å². The number of carbonyl (C=O) groups is 2. The van der Waals surface area contributed by atoms with Crippen molar-refractivity contribution in [3.05, 3.63) is 99.2 Å². The normalized spacial score (nSPS) is 15.3. The van der Waals surface area contributed by atoms with Crippen molar-refractivity contribution in [1.29, 1.82) is 0 Å². The Bertz CT molecular complexity index is 1330. The van der Waals surface area contributed by atoms with Crippen molar-refractivity contribution in [3.8, 4) is 11.5 Å². The molecular formula is C26H20ClFN2O4S. The predicted molar refractivity (Wildman–Crippen MR) is 135 cm³/mol. The van der Waals surface area contributed by atoms with E-state index in [2.05, 4.69) is 10.3 Å². The van der Waals surface area contributed by atoms with Crippen LogP contribution in [-0.4, -0.2) is 23.6 Å². The van der Waals surface area contributed by atoms with E-state index < -0.39 is 5.91 Å². The number of nitrogens with one attached hydrogen (secondary N) is 1. The average molecular weight is 511 g/mol. The molecule has 2 amide bonds. The molecule has 1 aliphatic heterocycles. The van der Waals surface area contributed by atoms with Gasteiger partial charge in [0.05, 0.1) is 11.5 Å². The maximum atomic E-state index is 13.9. The largest absolute Gasteiger partial charge is 0.490 e. The van der Waals surface area contributed by atoms with E-state index in [-0.39, 0.29) is 23.5 Å². The highest BCUT2D eigenvalue weighted by Gasteiger charge is 2.25. The minimum atomic E-state index is -0.485. The van der Waals surface area contributed by atoms with Crippen LogP contribution in [0.15, 0.2) is 76.6 Å². The second-order valence-electron chi connectivity index (χ2n) is 7.31. The lowest BCUT2D eigenvalue weighted by Gasteiger charge is -2.13. The molecule has 4 rings (SSSR count). The third-order valence-electron chi connectivity index (χ3n) is 4.85. The van der Waals surface area contributed by atoms with Crippen LogP contribution in [0.2, 0.25) is 5.02 Å². The lowest BCUT2D eigenvalue weighted by molar-refractivity contribution is -0.115. The first-order valence-corrected chi connectivity index (χ1v) is 11.8. The number of ether oxygens (including phenoxy) is 2. The van der Waals surface area contributed by atoms with Gasteiger partial charge in [-0.05, 0) is 72.8 Å². The topological polar surface area (TPSA) is 77.0 Å². The van der Waals surface area contributed by atoms with Gasteiger partial charge in [0, 0.05) is 16.1 Å². The van der Waals surface area contributed by atoms with Gasteiger partial charge >= 0.3 is 0 Å². The van der Waals surface area contributed by atoms with Crippen LogP contribution in [0.5, 0.6) is 11.5 Å². The van der Waals surface area contributed by atoms with Crippen LogP contribution >= 0.6 is 23.4 Å². The van der Waals surface area contributed by atoms with Gasteiger partial charge in [-0.2, -0.15) is 4.99 Å². The van der Waals surface area contributed by atoms with Crippen LogP contribution in [0.4, 0.5) is 4.39 Å². The molecule has 1 fully saturated rings. The second kappa shape index (κ2) is 11.2. The summed E-state index contributed by atoms with van der Waals surface area (Å²) in [6.07, 6.45) is 1.67. The number of rotatable bonds is 7. The molecule has 178 valence electrons. The monoisotopic (exact) mass is 510 g/mol. The molecule has 0 saturated carbocycles. The Kier molecular flexibility index (Phi) is 7.84. The molecule has 9 heteroatoms. The molecule has 0 aromatic heterocycles. The molecule has 35 heavy (non-hydrogen) atoms. The third-order valence-corrected chi connectivity index (χ3v) is 6.01. The number of hydrogen-bond acceptors (Lipinski definition) is 5. The molecular weight excluding hydrogens is 491 g/mol. The van der Waals surface area contributed by atoms with Gasteiger partial charge in [-0.1, -0.05) is 35.9 Å². The number of aliphatic imine (C=N–C) groups is 1. The molecule has 6 nitrogen and oxygen atoms in total. The van der Waals surface area contributed by atoms with Crippen LogP contribution in [-0.2, 0) is 11.4 Å². The van der Waals surface area contributed by atoms with Gasteiger partial charge in [0.2, 0.25) is 0 Å². The predicted octanol–water partition coefficient (Wildman–Crippen LogP) is 5.86. The second-order valence-corrected chi connectivity index (χ2v) is 8.78. The lowest BCUT2D eigenvalue weighted by Crippen LogP contribution is -2.20. The van der Waals surface area contributed by atoms with Crippen molar-refractivity contribution in [2.75, 3.05) is 6.61 Å². The van der Waals surface area contributed by atoms with Crippen molar-refractivity contribution >= 4 is 46.4 Å². The molecule has 1 saturated heterocycles. The fourth-order valence-electron chi connectivity index (χ4n) is 3.15. The molecule has 0 spiro atoms. The van der Waals surface area contributed by atoms with Crippen LogP contribution < -0.4 is 14.8 Å². The van der Waals surface area contributed by atoms with Crippen molar-refractivity contribution in [2.24, 2.45) is 4.99 Å². The quantitative estimate of drug-likeness (QED) is 0.403. The van der Waals surface area contributed by atoms with Crippen molar-refractivity contribution in [3.63, 3.8) is 0 Å². The highest BCUT2D eigenvalue weighted by atomic mass is 35.5. The smallest absolute Gasteiger partial charge is 0.279 e. The number of carbonyl (C=O) groups excluding carboxylic acids is 2. The Hall–Kier alpha value is -3.62. The average Bonchev–Trinajstić information content (AvgIpc) is 3.18. The van der Waals surface area contributed by atoms with Crippen molar-refractivity contribution in [2.45, 2.75) is 13.5 Å². The molecule has 3 aromatic rings. The van der Waals surface area contributed by atoms with Gasteiger partial charge in [-0.25, -0.2) is 4.39 Å². The summed E-state index contributed by atoms with van der Waals surface area (Å²) in [7, 11) is 0. The molecule has 3 aromatic carbocycles. The Labute approximate surface area is 210 Å². The Morgan fingerprint density at radius 2 is 1.86 bits per heavy atom. The van der Waals surface area contributed by atoms with Gasteiger partial charge in [0.1, 0.15) is 12.4 Å². The number of amidine groups is 1. The summed E-state index contributed by atoms with van der Waals surface area (Å²) in [6.45, 7) is 2.29. The number of halogens is 2. The molecule has 0 bridgehead atoms. The number of nitrogens with zero attached hydrogens (tertiary/aromatic N) is 1. The molecule has 0 unspecified atom stereocenters. The SMILES string of the molecule is CCOc1cc(/C=C2\SC(=NC(=O)c3ccc(Cl)cc3)NC2=O)ccc1OCc1ccccc1F. The minimum absolute atomic E-state index is 0.0485. The Morgan fingerprint density at radius 3 is 2.60 bits per heavy atom. The van der Waals surface area contributed by atoms with Gasteiger partial charge in [0.15, 0.2) is 16.7 Å².